The fourth-order valence-electron chi connectivity index (χ4n) is 1.03. The van der Waals surface area contributed by atoms with Crippen LogP contribution in [-0.2, 0) is 0 Å². The Hall–Kier alpha value is -0.380. The van der Waals surface area contributed by atoms with Crippen molar-refractivity contribution in [2.24, 2.45) is 0 Å². The molecule has 0 saturated carbocycles. The Bertz CT molecular complexity index is 515. The van der Waals surface area contributed by atoms with Crippen LogP contribution in [0.25, 0.3) is 10.2 Å². The van der Waals surface area contributed by atoms with Gasteiger partial charge in [-0.05, 0) is 28.7 Å². The van der Waals surface area contributed by atoms with Crippen LogP contribution in [0.2, 0.25) is 5.02 Å². The normalized spacial score (nSPS) is 10.2. The van der Waals surface area contributed by atoms with Gasteiger partial charge in [0.25, 0.3) is 0 Å². The van der Waals surface area contributed by atoms with Gasteiger partial charge in [-0.15, -0.1) is 11.3 Å². The van der Waals surface area contributed by atoms with Crippen LogP contribution in [0.1, 0.15) is 5.56 Å². The molecule has 0 fully saturated rings. The standard InChI is InChI=1S/C8H2ClIN2S/c9-4-1-5-6(2-11)7(10)13-8(5)12-3-4/h1,3H. The molecule has 2 aromatic heterocycles. The summed E-state index contributed by atoms with van der Waals surface area (Å²) in [6, 6.07) is 3.93. The number of hydrogen-bond acceptors (Lipinski definition) is 3. The number of hydrogen-bond donors (Lipinski definition) is 0. The van der Waals surface area contributed by atoms with Gasteiger partial charge in [-0.25, -0.2) is 4.98 Å². The molecular weight excluding hydrogens is 319 g/mol. The maximum absolute atomic E-state index is 8.88. The van der Waals surface area contributed by atoms with E-state index in [1.165, 1.54) is 11.3 Å². The fourth-order valence-corrected chi connectivity index (χ4v) is 3.03. The molecule has 0 amide bonds. The van der Waals surface area contributed by atoms with Crippen LogP contribution < -0.4 is 0 Å². The molecule has 0 atom stereocenters. The Morgan fingerprint density at radius 2 is 2.38 bits per heavy atom. The highest BCUT2D eigenvalue weighted by atomic mass is 127. The Morgan fingerprint density at radius 3 is 3.08 bits per heavy atom. The minimum absolute atomic E-state index is 0.568. The molecule has 0 aliphatic rings. The Morgan fingerprint density at radius 1 is 1.62 bits per heavy atom. The second kappa shape index (κ2) is 3.40. The molecule has 0 radical (unpaired) electrons. The number of nitrogens with zero attached hydrogens (tertiary/aromatic N) is 2. The molecule has 0 aliphatic carbocycles. The lowest BCUT2D eigenvalue weighted by Gasteiger charge is -1.89. The molecule has 0 unspecified atom stereocenters. The van der Waals surface area contributed by atoms with Crippen LogP contribution in [0.15, 0.2) is 12.3 Å². The van der Waals surface area contributed by atoms with Crippen LogP contribution in [0, 0.1) is 14.2 Å². The van der Waals surface area contributed by atoms with Crippen LogP contribution in [0.5, 0.6) is 0 Å². The van der Waals surface area contributed by atoms with Crippen LogP contribution in [0.3, 0.4) is 0 Å². The molecule has 64 valence electrons. The number of aromatic nitrogens is 1. The predicted molar refractivity (Wildman–Crippen MR) is 62.1 cm³/mol. The average Bonchev–Trinajstić information content (AvgIpc) is 2.40. The Balaban J connectivity index is 2.91. The second-order valence-electron chi connectivity index (χ2n) is 2.37. The first-order valence-corrected chi connectivity index (χ1v) is 5.63. The molecule has 2 nitrogen and oxygen atoms in total. The number of pyridine rings is 1. The lowest BCUT2D eigenvalue weighted by molar-refractivity contribution is 1.44. The van der Waals surface area contributed by atoms with Crippen molar-refractivity contribution in [3.05, 3.63) is 25.7 Å². The largest absolute Gasteiger partial charge is 0.244 e. The fraction of sp³-hybridized carbons (Fsp3) is 0. The summed E-state index contributed by atoms with van der Waals surface area (Å²) in [5, 5.41) is 10.3. The van der Waals surface area contributed by atoms with Gasteiger partial charge < -0.3 is 0 Å². The summed E-state index contributed by atoms with van der Waals surface area (Å²) >= 11 is 9.43. The van der Waals surface area contributed by atoms with Crippen molar-refractivity contribution in [3.63, 3.8) is 0 Å². The van der Waals surface area contributed by atoms with Crippen molar-refractivity contribution >= 4 is 55.7 Å². The average molecular weight is 321 g/mol. The topological polar surface area (TPSA) is 36.7 Å². The number of halogens is 2. The molecule has 0 aromatic carbocycles. The molecule has 0 aliphatic heterocycles. The Labute approximate surface area is 97.3 Å². The molecular formula is C8H2ClIN2S. The predicted octanol–water partition coefficient (Wildman–Crippen LogP) is 3.43. The monoisotopic (exact) mass is 320 g/mol. The maximum atomic E-state index is 8.88. The number of fused-ring (bicyclic) bond motifs is 1. The molecule has 0 N–H and O–H groups in total. The zero-order chi connectivity index (χ0) is 9.42. The maximum Gasteiger partial charge on any atom is 0.125 e. The van der Waals surface area contributed by atoms with Gasteiger partial charge in [0.2, 0.25) is 0 Å². The summed E-state index contributed by atoms with van der Waals surface area (Å²) in [4.78, 5) is 5.01. The molecule has 2 heterocycles. The van der Waals surface area contributed by atoms with Gasteiger partial charge in [0.15, 0.2) is 0 Å². The summed E-state index contributed by atoms with van der Waals surface area (Å²) in [6.07, 6.45) is 1.59. The van der Waals surface area contributed by atoms with E-state index in [0.29, 0.717) is 10.6 Å². The van der Waals surface area contributed by atoms with Crippen molar-refractivity contribution in [1.29, 1.82) is 5.26 Å². The third-order valence-electron chi connectivity index (χ3n) is 1.58. The summed E-state index contributed by atoms with van der Waals surface area (Å²) in [6.45, 7) is 0. The molecule has 2 aromatic rings. The van der Waals surface area contributed by atoms with Gasteiger partial charge in [0, 0.05) is 11.6 Å². The van der Waals surface area contributed by atoms with Crippen molar-refractivity contribution in [3.8, 4) is 6.07 Å². The lowest BCUT2D eigenvalue weighted by atomic mass is 10.2. The molecule has 5 heteroatoms. The minimum atomic E-state index is 0.568. The highest BCUT2D eigenvalue weighted by molar-refractivity contribution is 14.1. The molecule has 0 saturated heterocycles. The van der Waals surface area contributed by atoms with E-state index in [1.807, 2.05) is 0 Å². The van der Waals surface area contributed by atoms with Gasteiger partial charge in [-0.2, -0.15) is 5.26 Å². The lowest BCUT2D eigenvalue weighted by Crippen LogP contribution is -1.75. The number of nitriles is 1. The van der Waals surface area contributed by atoms with E-state index < -0.39 is 0 Å². The first-order valence-electron chi connectivity index (χ1n) is 3.36. The van der Waals surface area contributed by atoms with E-state index in [0.717, 1.165) is 13.1 Å². The zero-order valence-corrected chi connectivity index (χ0v) is 9.94. The third-order valence-corrected chi connectivity index (χ3v) is 3.89. The SMILES string of the molecule is N#Cc1c(I)sc2ncc(Cl)cc12. The quantitative estimate of drug-likeness (QED) is 0.697. The van der Waals surface area contributed by atoms with E-state index in [-0.39, 0.29) is 0 Å². The van der Waals surface area contributed by atoms with Crippen LogP contribution >= 0.6 is 45.5 Å². The summed E-state index contributed by atoms with van der Waals surface area (Å²) < 4.78 is 0.963. The minimum Gasteiger partial charge on any atom is -0.244 e. The first kappa shape index (κ1) is 9.19. The van der Waals surface area contributed by atoms with Gasteiger partial charge in [-0.1, -0.05) is 11.6 Å². The number of thiophene rings is 1. The zero-order valence-electron chi connectivity index (χ0n) is 6.21. The van der Waals surface area contributed by atoms with E-state index in [4.69, 9.17) is 16.9 Å². The molecule has 0 bridgehead atoms. The summed E-state index contributed by atoms with van der Waals surface area (Å²) in [5.41, 5.74) is 0.676. The third kappa shape index (κ3) is 1.52. The molecule has 13 heavy (non-hydrogen) atoms. The van der Waals surface area contributed by atoms with Crippen molar-refractivity contribution in [2.45, 2.75) is 0 Å². The van der Waals surface area contributed by atoms with Crippen LogP contribution in [-0.4, -0.2) is 4.98 Å². The van der Waals surface area contributed by atoms with E-state index >= 15 is 0 Å². The molecule has 0 spiro atoms. The second-order valence-corrected chi connectivity index (χ2v) is 5.62. The Kier molecular flexibility index (Phi) is 2.41. The van der Waals surface area contributed by atoms with Gasteiger partial charge in [-0.3, -0.25) is 0 Å². The van der Waals surface area contributed by atoms with Gasteiger partial charge in [0.1, 0.15) is 10.9 Å². The smallest absolute Gasteiger partial charge is 0.125 e. The first-order chi connectivity index (χ1) is 6.22. The highest BCUT2D eigenvalue weighted by Gasteiger charge is 2.10. The van der Waals surface area contributed by atoms with E-state index in [1.54, 1.807) is 12.3 Å². The summed E-state index contributed by atoms with van der Waals surface area (Å²) in [7, 11) is 0. The van der Waals surface area contributed by atoms with Crippen molar-refractivity contribution < 1.29 is 0 Å². The van der Waals surface area contributed by atoms with E-state index in [9.17, 15) is 0 Å². The molecule has 2 rings (SSSR count). The summed E-state index contributed by atoms with van der Waals surface area (Å²) in [5.74, 6) is 0. The van der Waals surface area contributed by atoms with Gasteiger partial charge >= 0.3 is 0 Å². The van der Waals surface area contributed by atoms with Crippen LogP contribution in [0.4, 0.5) is 0 Å². The van der Waals surface area contributed by atoms with E-state index in [2.05, 4.69) is 33.6 Å². The highest BCUT2D eigenvalue weighted by Crippen LogP contribution is 2.31. The van der Waals surface area contributed by atoms with Crippen molar-refractivity contribution in [1.82, 2.24) is 4.98 Å². The van der Waals surface area contributed by atoms with Gasteiger partial charge in [0.05, 0.1) is 13.5 Å². The van der Waals surface area contributed by atoms with Crippen molar-refractivity contribution in [2.75, 3.05) is 0 Å². The number of rotatable bonds is 0.